The molecule has 1 unspecified atom stereocenters. The zero-order valence-electron chi connectivity index (χ0n) is 5.28. The predicted octanol–water partition coefficient (Wildman–Crippen LogP) is 1.52. The second kappa shape index (κ2) is 4.13. The van der Waals surface area contributed by atoms with Crippen LogP contribution >= 0.6 is 0 Å². The van der Waals surface area contributed by atoms with Crippen LogP contribution in [0.2, 0.25) is 0 Å². The highest BCUT2D eigenvalue weighted by Gasteiger charge is 1.92. The zero-order chi connectivity index (χ0) is 5.70. The summed E-state index contributed by atoms with van der Waals surface area (Å²) >= 11 is 0. The van der Waals surface area contributed by atoms with Crippen molar-refractivity contribution in [3.63, 3.8) is 0 Å². The molecule has 0 radical (unpaired) electrons. The topological polar surface area (TPSA) is 26.0 Å². The molecule has 0 rings (SSSR count). The van der Waals surface area contributed by atoms with Crippen molar-refractivity contribution in [3.8, 4) is 0 Å². The number of rotatable bonds is 3. The molecule has 0 saturated carbocycles. The minimum Gasteiger partial charge on any atom is -0.328 e. The minimum absolute atomic E-state index is 0.449. The van der Waals surface area contributed by atoms with Gasteiger partial charge in [0, 0.05) is 6.04 Å². The second-order valence-electron chi connectivity index (χ2n) is 1.96. The Bertz CT molecular complexity index is 35.2. The quantitative estimate of drug-likeness (QED) is 0.573. The SMILES string of the molecule is CCCC(N)CC. The molecule has 0 aliphatic rings. The van der Waals surface area contributed by atoms with E-state index in [-0.39, 0.29) is 0 Å². The van der Waals surface area contributed by atoms with Crippen molar-refractivity contribution in [2.75, 3.05) is 0 Å². The first-order valence-corrected chi connectivity index (χ1v) is 3.06. The van der Waals surface area contributed by atoms with E-state index in [2.05, 4.69) is 13.8 Å². The van der Waals surface area contributed by atoms with Crippen LogP contribution in [0.4, 0.5) is 0 Å². The van der Waals surface area contributed by atoms with Gasteiger partial charge in [0.2, 0.25) is 0 Å². The summed E-state index contributed by atoms with van der Waals surface area (Å²) < 4.78 is 0. The molecule has 1 nitrogen and oxygen atoms in total. The Balaban J connectivity index is 2.83. The summed E-state index contributed by atoms with van der Waals surface area (Å²) in [4.78, 5) is 0. The third kappa shape index (κ3) is 3.80. The average molecular weight is 101 g/mol. The smallest absolute Gasteiger partial charge is 0.00361 e. The molecule has 0 saturated heterocycles. The van der Waals surface area contributed by atoms with Crippen LogP contribution in [0.15, 0.2) is 0 Å². The normalized spacial score (nSPS) is 14.1. The molecular formula is C6H15N. The monoisotopic (exact) mass is 101 g/mol. The fourth-order valence-electron chi connectivity index (χ4n) is 0.575. The van der Waals surface area contributed by atoms with Gasteiger partial charge in [-0.25, -0.2) is 0 Å². The minimum atomic E-state index is 0.449. The van der Waals surface area contributed by atoms with Crippen LogP contribution in [0.3, 0.4) is 0 Å². The van der Waals surface area contributed by atoms with Crippen molar-refractivity contribution in [2.45, 2.75) is 39.2 Å². The third-order valence-corrected chi connectivity index (χ3v) is 1.18. The molecular weight excluding hydrogens is 86.1 g/mol. The van der Waals surface area contributed by atoms with Gasteiger partial charge in [0.25, 0.3) is 0 Å². The highest BCUT2D eigenvalue weighted by atomic mass is 14.6. The highest BCUT2D eigenvalue weighted by molar-refractivity contribution is 4.54. The molecule has 0 spiro atoms. The molecule has 44 valence electrons. The number of hydrogen-bond acceptors (Lipinski definition) is 1. The van der Waals surface area contributed by atoms with Crippen LogP contribution in [-0.4, -0.2) is 6.04 Å². The van der Waals surface area contributed by atoms with Gasteiger partial charge in [0.05, 0.1) is 0 Å². The molecule has 0 aromatic carbocycles. The van der Waals surface area contributed by atoms with Crippen molar-refractivity contribution in [1.82, 2.24) is 0 Å². The van der Waals surface area contributed by atoms with Gasteiger partial charge < -0.3 is 5.73 Å². The van der Waals surface area contributed by atoms with E-state index >= 15 is 0 Å². The summed E-state index contributed by atoms with van der Waals surface area (Å²) in [6.07, 6.45) is 3.51. The maximum atomic E-state index is 5.58. The molecule has 0 aliphatic heterocycles. The third-order valence-electron chi connectivity index (χ3n) is 1.18. The molecule has 0 heterocycles. The van der Waals surface area contributed by atoms with E-state index in [9.17, 15) is 0 Å². The Morgan fingerprint density at radius 2 is 2.00 bits per heavy atom. The van der Waals surface area contributed by atoms with Gasteiger partial charge in [-0.15, -0.1) is 0 Å². The van der Waals surface area contributed by atoms with E-state index in [1.807, 2.05) is 0 Å². The zero-order valence-corrected chi connectivity index (χ0v) is 5.28. The fourth-order valence-corrected chi connectivity index (χ4v) is 0.575. The van der Waals surface area contributed by atoms with Gasteiger partial charge in [-0.2, -0.15) is 0 Å². The maximum absolute atomic E-state index is 5.58. The summed E-state index contributed by atoms with van der Waals surface area (Å²) in [5.41, 5.74) is 5.58. The molecule has 0 fully saturated rings. The Morgan fingerprint density at radius 3 is 2.14 bits per heavy atom. The van der Waals surface area contributed by atoms with Gasteiger partial charge in [-0.3, -0.25) is 0 Å². The Labute approximate surface area is 45.9 Å². The van der Waals surface area contributed by atoms with E-state index < -0.39 is 0 Å². The summed E-state index contributed by atoms with van der Waals surface area (Å²) in [6.45, 7) is 4.29. The van der Waals surface area contributed by atoms with E-state index in [4.69, 9.17) is 5.73 Å². The first-order valence-electron chi connectivity index (χ1n) is 3.06. The molecule has 1 atom stereocenters. The lowest BCUT2D eigenvalue weighted by molar-refractivity contribution is 0.587. The molecule has 1 heteroatoms. The molecule has 0 aromatic heterocycles. The van der Waals surface area contributed by atoms with Gasteiger partial charge in [-0.1, -0.05) is 20.3 Å². The first-order chi connectivity index (χ1) is 3.31. The average Bonchev–Trinajstić information content (AvgIpc) is 1.68. The van der Waals surface area contributed by atoms with E-state index in [0.29, 0.717) is 6.04 Å². The molecule has 0 aromatic rings. The molecule has 0 amide bonds. The molecule has 0 bridgehead atoms. The lowest BCUT2D eigenvalue weighted by atomic mass is 10.1. The largest absolute Gasteiger partial charge is 0.328 e. The van der Waals surface area contributed by atoms with E-state index in [1.165, 1.54) is 12.8 Å². The standard InChI is InChI=1S/C6H15N/c1-3-5-6(7)4-2/h6H,3-5,7H2,1-2H3. The molecule has 2 N–H and O–H groups in total. The van der Waals surface area contributed by atoms with Crippen LogP contribution in [0.25, 0.3) is 0 Å². The van der Waals surface area contributed by atoms with Crippen LogP contribution in [-0.2, 0) is 0 Å². The van der Waals surface area contributed by atoms with Crippen molar-refractivity contribution in [2.24, 2.45) is 5.73 Å². The van der Waals surface area contributed by atoms with Crippen molar-refractivity contribution in [3.05, 3.63) is 0 Å². The first kappa shape index (κ1) is 6.96. The van der Waals surface area contributed by atoms with E-state index in [0.717, 1.165) is 6.42 Å². The second-order valence-corrected chi connectivity index (χ2v) is 1.96. The molecule has 0 aliphatic carbocycles. The van der Waals surface area contributed by atoms with Gasteiger partial charge in [0.15, 0.2) is 0 Å². The van der Waals surface area contributed by atoms with E-state index in [1.54, 1.807) is 0 Å². The number of hydrogen-bond donors (Lipinski definition) is 1. The van der Waals surface area contributed by atoms with Crippen LogP contribution < -0.4 is 5.73 Å². The van der Waals surface area contributed by atoms with Crippen LogP contribution in [0.1, 0.15) is 33.1 Å². The van der Waals surface area contributed by atoms with Crippen molar-refractivity contribution >= 4 is 0 Å². The Kier molecular flexibility index (Phi) is 4.10. The Morgan fingerprint density at radius 1 is 1.43 bits per heavy atom. The maximum Gasteiger partial charge on any atom is 0.00361 e. The summed E-state index contributed by atoms with van der Waals surface area (Å²) in [5.74, 6) is 0. The van der Waals surface area contributed by atoms with Crippen LogP contribution in [0, 0.1) is 0 Å². The fraction of sp³-hybridized carbons (Fsp3) is 1.00. The predicted molar refractivity (Wildman–Crippen MR) is 33.2 cm³/mol. The van der Waals surface area contributed by atoms with Crippen LogP contribution in [0.5, 0.6) is 0 Å². The number of nitrogens with two attached hydrogens (primary N) is 1. The van der Waals surface area contributed by atoms with Crippen molar-refractivity contribution < 1.29 is 0 Å². The van der Waals surface area contributed by atoms with Gasteiger partial charge in [-0.05, 0) is 12.8 Å². The summed E-state index contributed by atoms with van der Waals surface area (Å²) in [5, 5.41) is 0. The summed E-state index contributed by atoms with van der Waals surface area (Å²) in [6, 6.07) is 0.449. The van der Waals surface area contributed by atoms with Gasteiger partial charge in [0.1, 0.15) is 0 Å². The lowest BCUT2D eigenvalue weighted by Crippen LogP contribution is -2.17. The summed E-state index contributed by atoms with van der Waals surface area (Å²) in [7, 11) is 0. The highest BCUT2D eigenvalue weighted by Crippen LogP contribution is 1.95. The molecule has 7 heavy (non-hydrogen) atoms. The van der Waals surface area contributed by atoms with Gasteiger partial charge >= 0.3 is 0 Å². The lowest BCUT2D eigenvalue weighted by Gasteiger charge is -2.03. The van der Waals surface area contributed by atoms with Crippen molar-refractivity contribution in [1.29, 1.82) is 0 Å². The Hall–Kier alpha value is -0.0400.